The molecule has 1 aliphatic rings. The first kappa shape index (κ1) is 8.58. The maximum Gasteiger partial charge on any atom is -0.0207 e. The average molecular weight is 150 g/mol. The molecule has 1 aliphatic carbocycles. The summed E-state index contributed by atoms with van der Waals surface area (Å²) in [6.45, 7) is 4.61. The second-order valence-electron chi connectivity index (χ2n) is 3.65. The van der Waals surface area contributed by atoms with Crippen LogP contribution in [-0.4, -0.2) is 0 Å². The summed E-state index contributed by atoms with van der Waals surface area (Å²) in [5, 5.41) is 0. The fourth-order valence-corrected chi connectivity index (χ4v) is 1.50. The van der Waals surface area contributed by atoms with E-state index in [0.29, 0.717) is 0 Å². The molecule has 0 aliphatic heterocycles. The van der Waals surface area contributed by atoms with Gasteiger partial charge in [0.15, 0.2) is 0 Å². The molecule has 0 saturated carbocycles. The minimum absolute atomic E-state index is 0.803. The number of rotatable bonds is 1. The van der Waals surface area contributed by atoms with Gasteiger partial charge >= 0.3 is 0 Å². The summed E-state index contributed by atoms with van der Waals surface area (Å²) in [5.74, 6) is 1.61. The number of hydrogen-bond acceptors (Lipinski definition) is 0. The summed E-state index contributed by atoms with van der Waals surface area (Å²) in [4.78, 5) is 0. The lowest BCUT2D eigenvalue weighted by atomic mass is 9.89. The van der Waals surface area contributed by atoms with Crippen LogP contribution in [0.2, 0.25) is 0 Å². The first-order valence-corrected chi connectivity index (χ1v) is 4.64. The Balaban J connectivity index is 2.51. The standard InChI is InChI=1S/C11H18/c1-10(2)11-8-6-4-3-5-7-9-11/h3-4,6,8,10-11H,5,7,9H2,1-2H3/b4-3-,8-6-. The first-order valence-electron chi connectivity index (χ1n) is 4.64. The van der Waals surface area contributed by atoms with Crippen molar-refractivity contribution in [2.45, 2.75) is 33.1 Å². The zero-order chi connectivity index (χ0) is 8.10. The van der Waals surface area contributed by atoms with E-state index in [9.17, 15) is 0 Å². The summed E-state index contributed by atoms with van der Waals surface area (Å²) in [6.07, 6.45) is 12.9. The summed E-state index contributed by atoms with van der Waals surface area (Å²) < 4.78 is 0. The Labute approximate surface area is 70.0 Å². The van der Waals surface area contributed by atoms with Gasteiger partial charge in [0, 0.05) is 0 Å². The van der Waals surface area contributed by atoms with Crippen molar-refractivity contribution < 1.29 is 0 Å². The molecular weight excluding hydrogens is 132 g/mol. The molecule has 1 atom stereocenters. The van der Waals surface area contributed by atoms with E-state index in [1.165, 1.54) is 19.3 Å². The third-order valence-electron chi connectivity index (χ3n) is 2.37. The van der Waals surface area contributed by atoms with Crippen molar-refractivity contribution >= 4 is 0 Å². The molecule has 0 bridgehead atoms. The van der Waals surface area contributed by atoms with E-state index in [4.69, 9.17) is 0 Å². The van der Waals surface area contributed by atoms with E-state index in [0.717, 1.165) is 11.8 Å². The summed E-state index contributed by atoms with van der Waals surface area (Å²) in [7, 11) is 0. The van der Waals surface area contributed by atoms with Gasteiger partial charge in [-0.3, -0.25) is 0 Å². The molecular formula is C11H18. The lowest BCUT2D eigenvalue weighted by molar-refractivity contribution is 0.425. The Morgan fingerprint density at radius 3 is 2.82 bits per heavy atom. The normalized spacial score (nSPS) is 31.0. The lowest BCUT2D eigenvalue weighted by Gasteiger charge is -2.16. The summed E-state index contributed by atoms with van der Waals surface area (Å²) in [5.41, 5.74) is 0. The molecule has 0 heteroatoms. The van der Waals surface area contributed by atoms with Crippen LogP contribution in [0.1, 0.15) is 33.1 Å². The van der Waals surface area contributed by atoms with Crippen molar-refractivity contribution in [1.29, 1.82) is 0 Å². The van der Waals surface area contributed by atoms with Crippen LogP contribution in [0.4, 0.5) is 0 Å². The maximum atomic E-state index is 2.35. The van der Waals surface area contributed by atoms with Gasteiger partial charge in [0.05, 0.1) is 0 Å². The zero-order valence-corrected chi connectivity index (χ0v) is 7.59. The highest BCUT2D eigenvalue weighted by molar-refractivity contribution is 5.06. The molecule has 0 aromatic heterocycles. The SMILES string of the molecule is CC(C)C1/C=C\C=C/CCC1. The molecule has 0 heterocycles. The monoisotopic (exact) mass is 150 g/mol. The van der Waals surface area contributed by atoms with Crippen LogP contribution >= 0.6 is 0 Å². The Morgan fingerprint density at radius 2 is 2.09 bits per heavy atom. The molecule has 0 saturated heterocycles. The summed E-state index contributed by atoms with van der Waals surface area (Å²) >= 11 is 0. The fourth-order valence-electron chi connectivity index (χ4n) is 1.50. The van der Waals surface area contributed by atoms with Gasteiger partial charge < -0.3 is 0 Å². The molecule has 0 radical (unpaired) electrons. The van der Waals surface area contributed by atoms with Gasteiger partial charge in [-0.1, -0.05) is 38.2 Å². The van der Waals surface area contributed by atoms with Crippen LogP contribution in [0.5, 0.6) is 0 Å². The highest BCUT2D eigenvalue weighted by Gasteiger charge is 2.08. The van der Waals surface area contributed by atoms with E-state index < -0.39 is 0 Å². The van der Waals surface area contributed by atoms with Crippen LogP contribution < -0.4 is 0 Å². The average Bonchev–Trinajstić information content (AvgIpc) is 1.84. The number of hydrogen-bond donors (Lipinski definition) is 0. The van der Waals surface area contributed by atoms with Crippen molar-refractivity contribution in [3.63, 3.8) is 0 Å². The molecule has 0 spiro atoms. The van der Waals surface area contributed by atoms with Crippen LogP contribution in [0, 0.1) is 11.8 Å². The highest BCUT2D eigenvalue weighted by Crippen LogP contribution is 2.20. The number of allylic oxidation sites excluding steroid dienone is 4. The summed E-state index contributed by atoms with van der Waals surface area (Å²) in [6, 6.07) is 0. The first-order chi connectivity index (χ1) is 5.30. The molecule has 0 fully saturated rings. The van der Waals surface area contributed by atoms with Crippen molar-refractivity contribution in [3.05, 3.63) is 24.3 Å². The van der Waals surface area contributed by atoms with E-state index in [1.54, 1.807) is 0 Å². The van der Waals surface area contributed by atoms with E-state index in [-0.39, 0.29) is 0 Å². The minimum Gasteiger partial charge on any atom is -0.0845 e. The predicted molar refractivity (Wildman–Crippen MR) is 50.5 cm³/mol. The molecule has 62 valence electrons. The van der Waals surface area contributed by atoms with Crippen LogP contribution in [-0.2, 0) is 0 Å². The van der Waals surface area contributed by atoms with Crippen molar-refractivity contribution in [2.75, 3.05) is 0 Å². The molecule has 1 rings (SSSR count). The second kappa shape index (κ2) is 4.38. The Kier molecular flexibility index (Phi) is 3.41. The Bertz CT molecular complexity index is 151. The topological polar surface area (TPSA) is 0 Å². The Morgan fingerprint density at radius 1 is 1.27 bits per heavy atom. The fraction of sp³-hybridized carbons (Fsp3) is 0.636. The van der Waals surface area contributed by atoms with Gasteiger partial charge in [-0.25, -0.2) is 0 Å². The second-order valence-corrected chi connectivity index (χ2v) is 3.65. The van der Waals surface area contributed by atoms with Gasteiger partial charge in [0.1, 0.15) is 0 Å². The third-order valence-corrected chi connectivity index (χ3v) is 2.37. The van der Waals surface area contributed by atoms with Gasteiger partial charge in [-0.2, -0.15) is 0 Å². The predicted octanol–water partition coefficient (Wildman–Crippen LogP) is 3.55. The quantitative estimate of drug-likeness (QED) is 0.536. The van der Waals surface area contributed by atoms with E-state index >= 15 is 0 Å². The van der Waals surface area contributed by atoms with Gasteiger partial charge in [0.2, 0.25) is 0 Å². The largest absolute Gasteiger partial charge is 0.0845 e. The molecule has 11 heavy (non-hydrogen) atoms. The minimum atomic E-state index is 0.803. The van der Waals surface area contributed by atoms with Gasteiger partial charge in [0.25, 0.3) is 0 Å². The molecule has 0 aromatic carbocycles. The Hall–Kier alpha value is -0.520. The van der Waals surface area contributed by atoms with E-state index in [1.807, 2.05) is 0 Å². The van der Waals surface area contributed by atoms with Crippen LogP contribution in [0.25, 0.3) is 0 Å². The third kappa shape index (κ3) is 2.92. The van der Waals surface area contributed by atoms with Gasteiger partial charge in [-0.05, 0) is 31.1 Å². The van der Waals surface area contributed by atoms with Crippen LogP contribution in [0.15, 0.2) is 24.3 Å². The van der Waals surface area contributed by atoms with Crippen molar-refractivity contribution in [1.82, 2.24) is 0 Å². The molecule has 0 nitrogen and oxygen atoms in total. The van der Waals surface area contributed by atoms with E-state index in [2.05, 4.69) is 38.2 Å². The maximum absolute atomic E-state index is 2.35. The lowest BCUT2D eigenvalue weighted by Crippen LogP contribution is -2.05. The molecule has 0 amide bonds. The molecule has 0 N–H and O–H groups in total. The van der Waals surface area contributed by atoms with Gasteiger partial charge in [-0.15, -0.1) is 0 Å². The molecule has 1 unspecified atom stereocenters. The molecule has 0 aromatic rings. The zero-order valence-electron chi connectivity index (χ0n) is 7.59. The van der Waals surface area contributed by atoms with Crippen molar-refractivity contribution in [3.8, 4) is 0 Å². The van der Waals surface area contributed by atoms with Crippen LogP contribution in [0.3, 0.4) is 0 Å². The van der Waals surface area contributed by atoms with Crippen molar-refractivity contribution in [2.24, 2.45) is 11.8 Å². The smallest absolute Gasteiger partial charge is 0.0207 e. The highest BCUT2D eigenvalue weighted by atomic mass is 14.1.